The van der Waals surface area contributed by atoms with Crippen molar-refractivity contribution in [2.24, 2.45) is 0 Å². The topological polar surface area (TPSA) is 87.2 Å². The predicted molar refractivity (Wildman–Crippen MR) is 65.3 cm³/mol. The maximum atomic E-state index is 11.9. The van der Waals surface area contributed by atoms with Crippen LogP contribution in [0, 0.1) is 0 Å². The van der Waals surface area contributed by atoms with E-state index in [0.717, 1.165) is 11.3 Å². The lowest BCUT2D eigenvalue weighted by Gasteiger charge is -2.25. The van der Waals surface area contributed by atoms with Gasteiger partial charge in [0.05, 0.1) is 17.9 Å². The molecule has 0 spiro atoms. The number of carbonyl (C=O) groups is 1. The van der Waals surface area contributed by atoms with Crippen LogP contribution in [0.25, 0.3) is 0 Å². The number of amides is 1. The first-order chi connectivity index (χ1) is 8.63. The monoisotopic (exact) mass is 253 g/mol. The van der Waals surface area contributed by atoms with Crippen molar-refractivity contribution in [2.45, 2.75) is 38.9 Å². The molecule has 18 heavy (non-hydrogen) atoms. The van der Waals surface area contributed by atoms with E-state index < -0.39 is 0 Å². The maximum absolute atomic E-state index is 11.9. The summed E-state index contributed by atoms with van der Waals surface area (Å²) >= 11 is 0. The van der Waals surface area contributed by atoms with Crippen molar-refractivity contribution >= 4 is 5.91 Å². The number of rotatable bonds is 4. The molecular weight excluding hydrogens is 234 g/mol. The van der Waals surface area contributed by atoms with Gasteiger partial charge in [-0.05, 0) is 20.3 Å². The quantitative estimate of drug-likeness (QED) is 0.684. The van der Waals surface area contributed by atoms with E-state index in [2.05, 4.69) is 15.5 Å². The summed E-state index contributed by atoms with van der Waals surface area (Å²) in [6.07, 6.45) is 1.28. The van der Waals surface area contributed by atoms with Crippen LogP contribution in [0.15, 0.2) is 0 Å². The molecule has 0 bridgehead atoms. The first-order valence-electron chi connectivity index (χ1n) is 6.25. The zero-order chi connectivity index (χ0) is 13.1. The number of aromatic amines is 1. The van der Waals surface area contributed by atoms with Gasteiger partial charge in [-0.15, -0.1) is 0 Å². The average Bonchev–Trinajstić information content (AvgIpc) is 2.73. The molecule has 0 unspecified atom stereocenters. The Morgan fingerprint density at radius 1 is 1.61 bits per heavy atom. The number of aliphatic hydroxyl groups is 1. The van der Waals surface area contributed by atoms with Crippen molar-refractivity contribution in [2.75, 3.05) is 13.2 Å². The predicted octanol–water partition coefficient (Wildman–Crippen LogP) is 0.544. The Morgan fingerprint density at radius 2 is 2.39 bits per heavy atom. The van der Waals surface area contributed by atoms with Crippen LogP contribution in [0.1, 0.15) is 48.1 Å². The Bertz CT molecular complexity index is 430. The number of carbonyl (C=O) groups excluding carboxylic acids is 1. The summed E-state index contributed by atoms with van der Waals surface area (Å²) in [5, 5.41) is 18.4. The van der Waals surface area contributed by atoms with Gasteiger partial charge in [0.1, 0.15) is 0 Å². The Kier molecular flexibility index (Phi) is 3.98. The van der Waals surface area contributed by atoms with Gasteiger partial charge in [-0.3, -0.25) is 9.89 Å². The maximum Gasteiger partial charge on any atom is 0.272 e. The number of hydrogen-bond donors (Lipinski definition) is 3. The molecule has 0 saturated carbocycles. The molecule has 0 radical (unpaired) electrons. The fourth-order valence-corrected chi connectivity index (χ4v) is 2.23. The van der Waals surface area contributed by atoms with Crippen LogP contribution in [0.5, 0.6) is 0 Å². The zero-order valence-corrected chi connectivity index (χ0v) is 10.7. The molecule has 6 heteroatoms. The molecule has 3 N–H and O–H groups in total. The third-order valence-corrected chi connectivity index (χ3v) is 3.07. The number of nitrogens with zero attached hydrogens (tertiary/aromatic N) is 1. The van der Waals surface area contributed by atoms with Gasteiger partial charge in [0.2, 0.25) is 0 Å². The summed E-state index contributed by atoms with van der Waals surface area (Å²) in [5.41, 5.74) is 2.29. The number of aromatic nitrogens is 2. The Morgan fingerprint density at radius 3 is 3.11 bits per heavy atom. The van der Waals surface area contributed by atoms with Crippen molar-refractivity contribution in [3.05, 3.63) is 17.0 Å². The Hall–Kier alpha value is -1.40. The molecule has 2 heterocycles. The SMILES string of the molecule is C[C@@H]1Cc2c(C(=O)NCCCO)n[nH]c2[C@H](C)O1. The lowest BCUT2D eigenvalue weighted by atomic mass is 9.99. The molecule has 6 nitrogen and oxygen atoms in total. The first kappa shape index (κ1) is 13.0. The lowest BCUT2D eigenvalue weighted by molar-refractivity contribution is -0.00697. The van der Waals surface area contributed by atoms with Gasteiger partial charge in [-0.2, -0.15) is 5.10 Å². The third kappa shape index (κ3) is 2.54. The van der Waals surface area contributed by atoms with Crippen molar-refractivity contribution in [3.8, 4) is 0 Å². The molecule has 1 aromatic heterocycles. The molecule has 0 aromatic carbocycles. The number of H-pyrrole nitrogens is 1. The Balaban J connectivity index is 2.12. The molecule has 1 amide bonds. The van der Waals surface area contributed by atoms with Crippen LogP contribution < -0.4 is 5.32 Å². The van der Waals surface area contributed by atoms with E-state index in [4.69, 9.17) is 9.84 Å². The molecular formula is C12H19N3O3. The normalized spacial score (nSPS) is 22.6. The number of hydrogen-bond acceptors (Lipinski definition) is 4. The fraction of sp³-hybridized carbons (Fsp3) is 0.667. The Labute approximate surface area is 106 Å². The summed E-state index contributed by atoms with van der Waals surface area (Å²) in [7, 11) is 0. The third-order valence-electron chi connectivity index (χ3n) is 3.07. The highest BCUT2D eigenvalue weighted by Crippen LogP contribution is 2.29. The molecule has 2 rings (SSSR count). The standard InChI is InChI=1S/C12H19N3O3/c1-7-6-9-10(8(2)18-7)14-15-11(9)12(17)13-4-3-5-16/h7-8,16H,3-6H2,1-2H3,(H,13,17)(H,14,15)/t7-,8+/m1/s1. The van der Waals surface area contributed by atoms with Gasteiger partial charge in [0, 0.05) is 25.1 Å². The van der Waals surface area contributed by atoms with E-state index in [-0.39, 0.29) is 24.7 Å². The molecule has 0 saturated heterocycles. The molecule has 0 fully saturated rings. The number of ether oxygens (including phenoxy) is 1. The molecule has 1 aliphatic rings. The highest BCUT2D eigenvalue weighted by Gasteiger charge is 2.29. The van der Waals surface area contributed by atoms with Crippen LogP contribution in [-0.2, 0) is 11.2 Å². The first-order valence-corrected chi connectivity index (χ1v) is 6.25. The summed E-state index contributed by atoms with van der Waals surface area (Å²) in [5.74, 6) is -0.192. The second kappa shape index (κ2) is 5.49. The van der Waals surface area contributed by atoms with Crippen molar-refractivity contribution in [1.29, 1.82) is 0 Å². The van der Waals surface area contributed by atoms with Crippen LogP contribution in [0.3, 0.4) is 0 Å². The summed E-state index contributed by atoms with van der Waals surface area (Å²) in [4.78, 5) is 11.9. The van der Waals surface area contributed by atoms with E-state index in [0.29, 0.717) is 25.1 Å². The minimum Gasteiger partial charge on any atom is -0.396 e. The van der Waals surface area contributed by atoms with E-state index >= 15 is 0 Å². The molecule has 1 aliphatic heterocycles. The van der Waals surface area contributed by atoms with Crippen LogP contribution in [0.2, 0.25) is 0 Å². The van der Waals surface area contributed by atoms with E-state index in [1.165, 1.54) is 0 Å². The van der Waals surface area contributed by atoms with Crippen LogP contribution in [-0.4, -0.2) is 40.5 Å². The minimum absolute atomic E-state index is 0.0600. The molecule has 1 aromatic rings. The highest BCUT2D eigenvalue weighted by molar-refractivity contribution is 5.94. The minimum atomic E-state index is -0.192. The zero-order valence-electron chi connectivity index (χ0n) is 10.7. The molecule has 100 valence electrons. The second-order valence-electron chi connectivity index (χ2n) is 4.59. The van der Waals surface area contributed by atoms with Crippen molar-refractivity contribution in [1.82, 2.24) is 15.5 Å². The lowest BCUT2D eigenvalue weighted by Crippen LogP contribution is -2.28. The average molecular weight is 253 g/mol. The second-order valence-corrected chi connectivity index (χ2v) is 4.59. The number of aliphatic hydroxyl groups excluding tert-OH is 1. The fourth-order valence-electron chi connectivity index (χ4n) is 2.23. The number of nitrogens with one attached hydrogen (secondary N) is 2. The van der Waals surface area contributed by atoms with Gasteiger partial charge < -0.3 is 15.2 Å². The van der Waals surface area contributed by atoms with E-state index in [1.807, 2.05) is 13.8 Å². The van der Waals surface area contributed by atoms with Crippen molar-refractivity contribution in [3.63, 3.8) is 0 Å². The molecule has 2 atom stereocenters. The van der Waals surface area contributed by atoms with Gasteiger partial charge in [-0.25, -0.2) is 0 Å². The van der Waals surface area contributed by atoms with E-state index in [9.17, 15) is 4.79 Å². The summed E-state index contributed by atoms with van der Waals surface area (Å²) < 4.78 is 5.67. The van der Waals surface area contributed by atoms with Gasteiger partial charge in [-0.1, -0.05) is 0 Å². The number of fused-ring (bicyclic) bond motifs is 1. The summed E-state index contributed by atoms with van der Waals surface area (Å²) in [6, 6.07) is 0. The van der Waals surface area contributed by atoms with Crippen LogP contribution in [0.4, 0.5) is 0 Å². The highest BCUT2D eigenvalue weighted by atomic mass is 16.5. The van der Waals surface area contributed by atoms with Gasteiger partial charge >= 0.3 is 0 Å². The molecule has 0 aliphatic carbocycles. The largest absolute Gasteiger partial charge is 0.396 e. The van der Waals surface area contributed by atoms with Gasteiger partial charge in [0.15, 0.2) is 5.69 Å². The van der Waals surface area contributed by atoms with Crippen molar-refractivity contribution < 1.29 is 14.6 Å². The summed E-state index contributed by atoms with van der Waals surface area (Å²) in [6.45, 7) is 4.46. The smallest absolute Gasteiger partial charge is 0.272 e. The van der Waals surface area contributed by atoms with Gasteiger partial charge in [0.25, 0.3) is 5.91 Å². The van der Waals surface area contributed by atoms with Crippen LogP contribution >= 0.6 is 0 Å². The van der Waals surface area contributed by atoms with E-state index in [1.54, 1.807) is 0 Å².